The van der Waals surface area contributed by atoms with E-state index in [1.807, 2.05) is 24.3 Å². The number of nitrogens with zero attached hydrogens (tertiary/aromatic N) is 1. The molecule has 0 atom stereocenters. The summed E-state index contributed by atoms with van der Waals surface area (Å²) in [5, 5.41) is 3.72. The number of anilines is 1. The summed E-state index contributed by atoms with van der Waals surface area (Å²) in [6.07, 6.45) is 0. The molecule has 0 aliphatic carbocycles. The highest BCUT2D eigenvalue weighted by Gasteiger charge is 2.04. The average molecular weight is 234 g/mol. The van der Waals surface area contributed by atoms with Crippen molar-refractivity contribution in [3.05, 3.63) is 48.3 Å². The van der Waals surface area contributed by atoms with E-state index in [9.17, 15) is 4.39 Å². The highest BCUT2D eigenvalue weighted by molar-refractivity contribution is 7.99. The number of rotatable bonds is 3. The van der Waals surface area contributed by atoms with Gasteiger partial charge in [0.1, 0.15) is 16.7 Å². The van der Waals surface area contributed by atoms with E-state index in [4.69, 9.17) is 0 Å². The minimum atomic E-state index is -0.218. The van der Waals surface area contributed by atoms with Gasteiger partial charge in [-0.25, -0.2) is 9.37 Å². The smallest absolute Gasteiger partial charge is 0.137 e. The highest BCUT2D eigenvalue weighted by atomic mass is 32.2. The zero-order valence-corrected chi connectivity index (χ0v) is 9.59. The molecular weight excluding hydrogens is 223 g/mol. The number of benzene rings is 1. The van der Waals surface area contributed by atoms with Gasteiger partial charge in [0.25, 0.3) is 0 Å². The third kappa shape index (κ3) is 2.52. The quantitative estimate of drug-likeness (QED) is 0.881. The van der Waals surface area contributed by atoms with Crippen molar-refractivity contribution in [3.8, 4) is 0 Å². The second-order valence-electron chi connectivity index (χ2n) is 3.14. The Morgan fingerprint density at radius 2 is 1.94 bits per heavy atom. The van der Waals surface area contributed by atoms with Crippen LogP contribution >= 0.6 is 11.8 Å². The zero-order valence-electron chi connectivity index (χ0n) is 8.77. The van der Waals surface area contributed by atoms with Gasteiger partial charge in [0, 0.05) is 11.9 Å². The van der Waals surface area contributed by atoms with E-state index >= 15 is 0 Å². The molecule has 1 aromatic heterocycles. The molecule has 1 aromatic carbocycles. The summed E-state index contributed by atoms with van der Waals surface area (Å²) in [5.74, 6) is 0.561. The summed E-state index contributed by atoms with van der Waals surface area (Å²) in [6, 6.07) is 12.3. The standard InChI is InChI=1S/C12H11FN2S/c1-14-11-7-4-8-12(15-11)16-10-6-3-2-5-9(10)13/h2-8H,1H3,(H,14,15). The molecule has 1 N–H and O–H groups in total. The Hall–Kier alpha value is -1.55. The van der Waals surface area contributed by atoms with Gasteiger partial charge >= 0.3 is 0 Å². The van der Waals surface area contributed by atoms with Crippen molar-refractivity contribution in [2.75, 3.05) is 12.4 Å². The van der Waals surface area contributed by atoms with Gasteiger partial charge in [0.15, 0.2) is 0 Å². The SMILES string of the molecule is CNc1cccc(Sc2ccccc2F)n1. The van der Waals surface area contributed by atoms with Gasteiger partial charge < -0.3 is 5.32 Å². The van der Waals surface area contributed by atoms with Crippen LogP contribution in [0.3, 0.4) is 0 Å². The molecule has 0 radical (unpaired) electrons. The Morgan fingerprint density at radius 3 is 2.69 bits per heavy atom. The Morgan fingerprint density at radius 1 is 1.12 bits per heavy atom. The molecule has 0 aliphatic rings. The van der Waals surface area contributed by atoms with Crippen LogP contribution in [0.5, 0.6) is 0 Å². The van der Waals surface area contributed by atoms with E-state index in [-0.39, 0.29) is 5.82 Å². The molecule has 0 saturated heterocycles. The number of pyridine rings is 1. The van der Waals surface area contributed by atoms with Gasteiger partial charge in [0.2, 0.25) is 0 Å². The first-order valence-electron chi connectivity index (χ1n) is 4.87. The lowest BCUT2D eigenvalue weighted by Gasteiger charge is -2.04. The topological polar surface area (TPSA) is 24.9 Å². The van der Waals surface area contributed by atoms with Gasteiger partial charge in [-0.2, -0.15) is 0 Å². The van der Waals surface area contributed by atoms with E-state index in [1.165, 1.54) is 17.8 Å². The van der Waals surface area contributed by atoms with Crippen LogP contribution < -0.4 is 5.32 Å². The first-order chi connectivity index (χ1) is 7.79. The number of nitrogens with one attached hydrogen (secondary N) is 1. The number of hydrogen-bond acceptors (Lipinski definition) is 3. The molecular formula is C12H11FN2S. The third-order valence-corrected chi connectivity index (χ3v) is 3.02. The van der Waals surface area contributed by atoms with Crippen molar-refractivity contribution in [2.45, 2.75) is 9.92 Å². The second kappa shape index (κ2) is 4.99. The summed E-state index contributed by atoms with van der Waals surface area (Å²) in [6.45, 7) is 0. The Labute approximate surface area is 97.9 Å². The fourth-order valence-electron chi connectivity index (χ4n) is 1.25. The largest absolute Gasteiger partial charge is 0.373 e. The number of hydrogen-bond donors (Lipinski definition) is 1. The lowest BCUT2D eigenvalue weighted by atomic mass is 10.3. The normalized spacial score (nSPS) is 10.1. The summed E-state index contributed by atoms with van der Waals surface area (Å²) >= 11 is 1.32. The first-order valence-corrected chi connectivity index (χ1v) is 5.68. The molecule has 0 amide bonds. The van der Waals surface area contributed by atoms with Crippen LogP contribution in [0.2, 0.25) is 0 Å². The third-order valence-electron chi connectivity index (χ3n) is 2.03. The minimum absolute atomic E-state index is 0.218. The molecule has 0 aliphatic heterocycles. The Bertz CT molecular complexity index is 488. The van der Waals surface area contributed by atoms with Crippen molar-refractivity contribution >= 4 is 17.6 Å². The van der Waals surface area contributed by atoms with E-state index in [1.54, 1.807) is 19.2 Å². The average Bonchev–Trinajstić information content (AvgIpc) is 2.32. The Balaban J connectivity index is 2.24. The Kier molecular flexibility index (Phi) is 3.41. The summed E-state index contributed by atoms with van der Waals surface area (Å²) < 4.78 is 13.4. The predicted molar refractivity (Wildman–Crippen MR) is 64.3 cm³/mol. The van der Waals surface area contributed by atoms with Crippen molar-refractivity contribution in [1.82, 2.24) is 4.98 Å². The van der Waals surface area contributed by atoms with Gasteiger partial charge in [0.05, 0.1) is 0 Å². The molecule has 0 spiro atoms. The summed E-state index contributed by atoms with van der Waals surface area (Å²) in [4.78, 5) is 4.90. The van der Waals surface area contributed by atoms with E-state index in [2.05, 4.69) is 10.3 Å². The second-order valence-corrected chi connectivity index (χ2v) is 4.21. The van der Waals surface area contributed by atoms with Crippen molar-refractivity contribution in [2.24, 2.45) is 0 Å². The van der Waals surface area contributed by atoms with Crippen LogP contribution in [0.15, 0.2) is 52.4 Å². The maximum Gasteiger partial charge on any atom is 0.137 e. The fraction of sp³-hybridized carbons (Fsp3) is 0.0833. The van der Waals surface area contributed by atoms with Crippen LogP contribution in [-0.4, -0.2) is 12.0 Å². The molecule has 0 bridgehead atoms. The number of halogens is 1. The maximum absolute atomic E-state index is 13.4. The molecule has 82 valence electrons. The van der Waals surface area contributed by atoms with Gasteiger partial charge in [-0.15, -0.1) is 0 Å². The predicted octanol–water partition coefficient (Wildman–Crippen LogP) is 3.41. The highest BCUT2D eigenvalue weighted by Crippen LogP contribution is 2.28. The number of aromatic nitrogens is 1. The van der Waals surface area contributed by atoms with Gasteiger partial charge in [-0.3, -0.25) is 0 Å². The molecule has 2 nitrogen and oxygen atoms in total. The molecule has 0 fully saturated rings. The molecule has 2 aromatic rings. The summed E-state index contributed by atoms with van der Waals surface area (Å²) in [7, 11) is 1.81. The molecule has 1 heterocycles. The molecule has 0 saturated carbocycles. The van der Waals surface area contributed by atoms with E-state index in [0.29, 0.717) is 4.90 Å². The lowest BCUT2D eigenvalue weighted by molar-refractivity contribution is 0.602. The van der Waals surface area contributed by atoms with Crippen LogP contribution in [0, 0.1) is 5.82 Å². The molecule has 2 rings (SSSR count). The molecule has 16 heavy (non-hydrogen) atoms. The monoisotopic (exact) mass is 234 g/mol. The van der Waals surface area contributed by atoms with Crippen LogP contribution in [0.1, 0.15) is 0 Å². The lowest BCUT2D eigenvalue weighted by Crippen LogP contribution is -1.92. The zero-order chi connectivity index (χ0) is 11.4. The van der Waals surface area contributed by atoms with Crippen LogP contribution in [-0.2, 0) is 0 Å². The van der Waals surface area contributed by atoms with Gasteiger partial charge in [-0.1, -0.05) is 30.0 Å². The summed E-state index contributed by atoms with van der Waals surface area (Å²) in [5.41, 5.74) is 0. The van der Waals surface area contributed by atoms with Crippen molar-refractivity contribution in [3.63, 3.8) is 0 Å². The first kappa shape index (κ1) is 11.0. The van der Waals surface area contributed by atoms with Crippen LogP contribution in [0.4, 0.5) is 10.2 Å². The van der Waals surface area contributed by atoms with E-state index in [0.717, 1.165) is 10.8 Å². The molecule has 0 unspecified atom stereocenters. The van der Waals surface area contributed by atoms with Crippen molar-refractivity contribution < 1.29 is 4.39 Å². The fourth-order valence-corrected chi connectivity index (χ4v) is 2.08. The maximum atomic E-state index is 13.4. The molecule has 4 heteroatoms. The van der Waals surface area contributed by atoms with Crippen molar-refractivity contribution in [1.29, 1.82) is 0 Å². The minimum Gasteiger partial charge on any atom is -0.373 e. The van der Waals surface area contributed by atoms with E-state index < -0.39 is 0 Å². The van der Waals surface area contributed by atoms with Crippen LogP contribution in [0.25, 0.3) is 0 Å². The van der Waals surface area contributed by atoms with Gasteiger partial charge in [-0.05, 0) is 24.3 Å².